The van der Waals surface area contributed by atoms with Gasteiger partial charge < -0.3 is 20.1 Å². The molecular weight excluding hydrogens is 309 g/mol. The van der Waals surface area contributed by atoms with Crippen LogP contribution in [0.25, 0.3) is 0 Å². The van der Waals surface area contributed by atoms with Crippen molar-refractivity contribution in [3.8, 4) is 5.75 Å². The van der Waals surface area contributed by atoms with Crippen LogP contribution in [-0.2, 0) is 17.9 Å². The quantitative estimate of drug-likeness (QED) is 0.656. The normalized spacial score (nSPS) is 18.7. The summed E-state index contributed by atoms with van der Waals surface area (Å²) >= 11 is 0. The highest BCUT2D eigenvalue weighted by atomic mass is 19.1. The molecule has 0 radical (unpaired) electrons. The molecule has 0 saturated heterocycles. The second-order valence-corrected chi connectivity index (χ2v) is 6.34. The van der Waals surface area contributed by atoms with Crippen LogP contribution >= 0.6 is 0 Å². The van der Waals surface area contributed by atoms with E-state index in [0.717, 1.165) is 23.6 Å². The molecule has 1 aliphatic heterocycles. The summed E-state index contributed by atoms with van der Waals surface area (Å²) < 4.78 is 24.6. The van der Waals surface area contributed by atoms with Crippen molar-refractivity contribution in [3.63, 3.8) is 0 Å². The van der Waals surface area contributed by atoms with Gasteiger partial charge >= 0.3 is 0 Å². The van der Waals surface area contributed by atoms with E-state index in [-0.39, 0.29) is 12.6 Å². The Morgan fingerprint density at radius 2 is 2.12 bits per heavy atom. The lowest BCUT2D eigenvalue weighted by molar-refractivity contribution is -0.0172. The topological polar surface area (TPSA) is 54.9 Å². The summed E-state index contributed by atoms with van der Waals surface area (Å²) in [5.74, 6) is 1.22. The Hall–Kier alpha value is -1.82. The lowest BCUT2D eigenvalue weighted by Gasteiger charge is -2.25. The Bertz CT molecular complexity index is 586. The summed E-state index contributed by atoms with van der Waals surface area (Å²) in [6.07, 6.45) is 6.21. The summed E-state index contributed by atoms with van der Waals surface area (Å²) in [6, 6.07) is 3.44. The first-order chi connectivity index (χ1) is 11.8. The number of nitrogens with one attached hydrogen (secondary N) is 2. The largest absolute Gasteiger partial charge is 0.467 e. The molecule has 2 aliphatic rings. The van der Waals surface area contributed by atoms with Crippen LogP contribution in [0, 0.1) is 5.82 Å². The van der Waals surface area contributed by atoms with Crippen molar-refractivity contribution < 1.29 is 13.9 Å². The van der Waals surface area contributed by atoms with Gasteiger partial charge in [-0.05, 0) is 31.9 Å². The van der Waals surface area contributed by atoms with Gasteiger partial charge in [0, 0.05) is 23.7 Å². The average molecular weight is 335 g/mol. The van der Waals surface area contributed by atoms with Gasteiger partial charge in [-0.25, -0.2) is 9.38 Å². The van der Waals surface area contributed by atoms with E-state index in [1.807, 2.05) is 6.92 Å². The first-order valence-corrected chi connectivity index (χ1v) is 8.83. The molecule has 0 bridgehead atoms. The average Bonchev–Trinajstić information content (AvgIpc) is 2.60. The maximum Gasteiger partial charge on any atom is 0.191 e. The summed E-state index contributed by atoms with van der Waals surface area (Å²) in [6.45, 7) is 3.80. The van der Waals surface area contributed by atoms with E-state index in [1.165, 1.54) is 44.2 Å². The Labute approximate surface area is 142 Å². The number of hydrogen-bond acceptors (Lipinski definition) is 3. The number of hydrogen-bond donors (Lipinski definition) is 2. The first kappa shape index (κ1) is 17.0. The fraction of sp³-hybridized carbons (Fsp3) is 0.611. The molecular formula is C18H26FN3O2. The third-order valence-electron chi connectivity index (χ3n) is 4.45. The molecule has 3 rings (SSSR count). The molecule has 2 N–H and O–H groups in total. The van der Waals surface area contributed by atoms with Gasteiger partial charge in [0.05, 0.1) is 13.2 Å². The molecule has 1 aromatic rings. The molecule has 1 heterocycles. The first-order valence-electron chi connectivity index (χ1n) is 8.83. The summed E-state index contributed by atoms with van der Waals surface area (Å²) in [5, 5.41) is 6.78. The van der Waals surface area contributed by atoms with Gasteiger partial charge in [-0.15, -0.1) is 0 Å². The highest BCUT2D eigenvalue weighted by Crippen LogP contribution is 2.30. The van der Waals surface area contributed by atoms with E-state index in [0.29, 0.717) is 24.9 Å². The van der Waals surface area contributed by atoms with Gasteiger partial charge in [-0.2, -0.15) is 0 Å². The van der Waals surface area contributed by atoms with E-state index in [2.05, 4.69) is 15.6 Å². The van der Waals surface area contributed by atoms with Crippen molar-refractivity contribution in [1.82, 2.24) is 10.6 Å². The standard InChI is InChI=1S/C18H26FN3O2/c1-2-20-18(22-16-6-4-3-5-7-16)21-10-13-8-15(19)9-14-11-23-12-24-17(13)14/h8-9,16H,2-7,10-12H2,1H3,(H2,20,21,22). The molecule has 1 saturated carbocycles. The number of nitrogens with zero attached hydrogens (tertiary/aromatic N) is 1. The van der Waals surface area contributed by atoms with Gasteiger partial charge in [-0.3, -0.25) is 0 Å². The zero-order valence-corrected chi connectivity index (χ0v) is 14.2. The number of guanidine groups is 1. The van der Waals surface area contributed by atoms with E-state index in [4.69, 9.17) is 9.47 Å². The fourth-order valence-corrected chi connectivity index (χ4v) is 3.30. The van der Waals surface area contributed by atoms with Crippen molar-refractivity contribution in [3.05, 3.63) is 29.1 Å². The molecule has 1 aromatic carbocycles. The molecule has 1 fully saturated rings. The molecule has 0 unspecified atom stereocenters. The van der Waals surface area contributed by atoms with Crippen LogP contribution in [0.15, 0.2) is 17.1 Å². The second kappa shape index (κ2) is 8.33. The molecule has 0 amide bonds. The van der Waals surface area contributed by atoms with E-state index >= 15 is 0 Å². The summed E-state index contributed by atoms with van der Waals surface area (Å²) in [4.78, 5) is 4.63. The lowest BCUT2D eigenvalue weighted by Crippen LogP contribution is -2.44. The molecule has 0 aromatic heterocycles. The Morgan fingerprint density at radius 3 is 2.92 bits per heavy atom. The molecule has 0 spiro atoms. The van der Waals surface area contributed by atoms with Gasteiger partial charge in [0.1, 0.15) is 11.6 Å². The van der Waals surface area contributed by atoms with Crippen LogP contribution in [0.2, 0.25) is 0 Å². The van der Waals surface area contributed by atoms with E-state index < -0.39 is 0 Å². The number of fused-ring (bicyclic) bond motifs is 1. The number of halogens is 1. The van der Waals surface area contributed by atoms with E-state index in [9.17, 15) is 4.39 Å². The maximum absolute atomic E-state index is 13.8. The van der Waals surface area contributed by atoms with Crippen molar-refractivity contribution in [1.29, 1.82) is 0 Å². The molecule has 1 aliphatic carbocycles. The van der Waals surface area contributed by atoms with Crippen LogP contribution in [0.1, 0.15) is 50.2 Å². The highest BCUT2D eigenvalue weighted by Gasteiger charge is 2.18. The SMILES string of the molecule is CCNC(=NCc1cc(F)cc2c1OCOC2)NC1CCCCC1. The van der Waals surface area contributed by atoms with E-state index in [1.54, 1.807) is 0 Å². The molecule has 6 heteroatoms. The van der Waals surface area contributed by atoms with Crippen LogP contribution in [0.3, 0.4) is 0 Å². The smallest absolute Gasteiger partial charge is 0.191 e. The highest BCUT2D eigenvalue weighted by molar-refractivity contribution is 5.80. The number of ether oxygens (including phenoxy) is 2. The maximum atomic E-state index is 13.8. The molecule has 132 valence electrons. The fourth-order valence-electron chi connectivity index (χ4n) is 3.30. The van der Waals surface area contributed by atoms with Gasteiger partial charge in [0.15, 0.2) is 12.8 Å². The van der Waals surface area contributed by atoms with Crippen molar-refractivity contribution >= 4 is 5.96 Å². The van der Waals surface area contributed by atoms with Gasteiger partial charge in [-0.1, -0.05) is 19.3 Å². The monoisotopic (exact) mass is 335 g/mol. The predicted molar refractivity (Wildman–Crippen MR) is 91.5 cm³/mol. The Kier molecular flexibility index (Phi) is 5.91. The zero-order chi connectivity index (χ0) is 16.8. The Morgan fingerprint density at radius 1 is 1.29 bits per heavy atom. The van der Waals surface area contributed by atoms with Crippen molar-refractivity contribution in [2.45, 2.75) is 58.2 Å². The van der Waals surface area contributed by atoms with Crippen LogP contribution < -0.4 is 15.4 Å². The minimum atomic E-state index is -0.279. The molecule has 0 atom stereocenters. The van der Waals surface area contributed by atoms with Crippen molar-refractivity contribution in [2.24, 2.45) is 4.99 Å². The van der Waals surface area contributed by atoms with Gasteiger partial charge in [0.2, 0.25) is 0 Å². The Balaban J connectivity index is 1.72. The minimum Gasteiger partial charge on any atom is -0.467 e. The van der Waals surface area contributed by atoms with Crippen LogP contribution in [0.4, 0.5) is 4.39 Å². The van der Waals surface area contributed by atoms with Crippen LogP contribution in [0.5, 0.6) is 5.75 Å². The third-order valence-corrected chi connectivity index (χ3v) is 4.45. The summed E-state index contributed by atoms with van der Waals surface area (Å²) in [7, 11) is 0. The van der Waals surface area contributed by atoms with Gasteiger partial charge in [0.25, 0.3) is 0 Å². The lowest BCUT2D eigenvalue weighted by atomic mass is 9.96. The number of aliphatic imine (C=N–C) groups is 1. The minimum absolute atomic E-state index is 0.204. The number of benzene rings is 1. The molecule has 24 heavy (non-hydrogen) atoms. The predicted octanol–water partition coefficient (Wildman–Crippen LogP) is 3.08. The molecule has 5 nitrogen and oxygen atoms in total. The van der Waals surface area contributed by atoms with Crippen molar-refractivity contribution in [2.75, 3.05) is 13.3 Å². The second-order valence-electron chi connectivity index (χ2n) is 6.34. The van der Waals surface area contributed by atoms with Crippen LogP contribution in [-0.4, -0.2) is 25.3 Å². The third kappa shape index (κ3) is 4.38. The summed E-state index contributed by atoms with van der Waals surface area (Å²) in [5.41, 5.74) is 1.51. The number of rotatable bonds is 4. The zero-order valence-electron chi connectivity index (χ0n) is 14.2.